The van der Waals surface area contributed by atoms with Crippen molar-refractivity contribution in [2.24, 2.45) is 4.99 Å². The standard InChI is InChI=1S/C18H33N5S/c1-4-15-8-6-7-12-23(15)13-11-21-18(19-3)20-10-9-17-22-14-16(5-2)24-17/h14-15H,4-13H2,1-3H3,(H2,19,20,21). The number of aliphatic imine (C=N–C) groups is 1. The Hall–Kier alpha value is -1.14. The van der Waals surface area contributed by atoms with Crippen molar-refractivity contribution >= 4 is 17.3 Å². The summed E-state index contributed by atoms with van der Waals surface area (Å²) >= 11 is 1.81. The fraction of sp³-hybridized carbons (Fsp3) is 0.778. The summed E-state index contributed by atoms with van der Waals surface area (Å²) in [5, 5.41) is 8.04. The number of nitrogens with one attached hydrogen (secondary N) is 2. The number of aromatic nitrogens is 1. The van der Waals surface area contributed by atoms with Gasteiger partial charge in [0.25, 0.3) is 0 Å². The first-order valence-electron chi connectivity index (χ1n) is 9.39. The first kappa shape index (κ1) is 19.2. The highest BCUT2D eigenvalue weighted by atomic mass is 32.1. The van der Waals surface area contributed by atoms with Crippen LogP contribution < -0.4 is 10.6 Å². The van der Waals surface area contributed by atoms with Gasteiger partial charge in [0.05, 0.1) is 5.01 Å². The van der Waals surface area contributed by atoms with Crippen LogP contribution >= 0.6 is 11.3 Å². The average Bonchev–Trinajstić information content (AvgIpc) is 3.08. The molecule has 1 atom stereocenters. The Morgan fingerprint density at radius 2 is 2.17 bits per heavy atom. The lowest BCUT2D eigenvalue weighted by molar-refractivity contribution is 0.147. The lowest BCUT2D eigenvalue weighted by Crippen LogP contribution is -2.46. The van der Waals surface area contributed by atoms with Crippen LogP contribution in [-0.2, 0) is 12.8 Å². The number of aryl methyl sites for hydroxylation is 1. The van der Waals surface area contributed by atoms with E-state index in [9.17, 15) is 0 Å². The first-order valence-corrected chi connectivity index (χ1v) is 10.2. The summed E-state index contributed by atoms with van der Waals surface area (Å²) in [5.74, 6) is 0.896. The predicted molar refractivity (Wildman–Crippen MR) is 104 cm³/mol. The van der Waals surface area contributed by atoms with E-state index in [4.69, 9.17) is 0 Å². The number of thiazole rings is 1. The maximum Gasteiger partial charge on any atom is 0.191 e. The summed E-state index contributed by atoms with van der Waals surface area (Å²) in [6, 6.07) is 0.771. The van der Waals surface area contributed by atoms with E-state index in [2.05, 4.69) is 39.4 Å². The maximum absolute atomic E-state index is 4.46. The van der Waals surface area contributed by atoms with Gasteiger partial charge in [-0.05, 0) is 32.2 Å². The molecule has 0 bridgehead atoms. The van der Waals surface area contributed by atoms with Gasteiger partial charge in [0.1, 0.15) is 0 Å². The van der Waals surface area contributed by atoms with Gasteiger partial charge in [-0.1, -0.05) is 20.3 Å². The number of hydrogen-bond acceptors (Lipinski definition) is 4. The molecule has 0 radical (unpaired) electrons. The predicted octanol–water partition coefficient (Wildman–Crippen LogP) is 2.68. The average molecular weight is 352 g/mol. The minimum absolute atomic E-state index is 0.771. The molecular weight excluding hydrogens is 318 g/mol. The fourth-order valence-corrected chi connectivity index (χ4v) is 4.13. The van der Waals surface area contributed by atoms with Crippen LogP contribution in [0.3, 0.4) is 0 Å². The molecule has 1 aromatic rings. The molecule has 136 valence electrons. The largest absolute Gasteiger partial charge is 0.356 e. The molecule has 0 spiro atoms. The van der Waals surface area contributed by atoms with Crippen molar-refractivity contribution in [3.8, 4) is 0 Å². The van der Waals surface area contributed by atoms with Gasteiger partial charge in [0.2, 0.25) is 0 Å². The molecule has 1 aromatic heterocycles. The lowest BCUT2D eigenvalue weighted by Gasteiger charge is -2.35. The number of rotatable bonds is 8. The van der Waals surface area contributed by atoms with Gasteiger partial charge in [0.15, 0.2) is 5.96 Å². The van der Waals surface area contributed by atoms with Crippen molar-refractivity contribution in [2.75, 3.05) is 33.2 Å². The SMILES string of the molecule is CCc1cnc(CCNC(=NC)NCCN2CCCCC2CC)s1. The van der Waals surface area contributed by atoms with Crippen LogP contribution in [0.25, 0.3) is 0 Å². The molecule has 1 saturated heterocycles. The third kappa shape index (κ3) is 6.06. The molecule has 2 rings (SSSR count). The number of hydrogen-bond donors (Lipinski definition) is 2. The first-order chi connectivity index (χ1) is 11.8. The Balaban J connectivity index is 1.64. The van der Waals surface area contributed by atoms with Crippen LogP contribution in [-0.4, -0.2) is 55.1 Å². The monoisotopic (exact) mass is 351 g/mol. The Morgan fingerprint density at radius 3 is 2.88 bits per heavy atom. The molecule has 24 heavy (non-hydrogen) atoms. The third-order valence-electron chi connectivity index (χ3n) is 4.72. The molecule has 0 aromatic carbocycles. The molecule has 0 saturated carbocycles. The highest BCUT2D eigenvalue weighted by Gasteiger charge is 2.19. The number of nitrogens with zero attached hydrogens (tertiary/aromatic N) is 3. The van der Waals surface area contributed by atoms with E-state index in [0.717, 1.165) is 44.5 Å². The second kappa shape index (κ2) is 10.7. The smallest absolute Gasteiger partial charge is 0.191 e. The van der Waals surface area contributed by atoms with Gasteiger partial charge in [0, 0.05) is 50.2 Å². The van der Waals surface area contributed by atoms with Crippen molar-refractivity contribution in [3.63, 3.8) is 0 Å². The van der Waals surface area contributed by atoms with Gasteiger partial charge < -0.3 is 10.6 Å². The molecule has 1 fully saturated rings. The van der Waals surface area contributed by atoms with E-state index in [1.165, 1.54) is 42.1 Å². The third-order valence-corrected chi connectivity index (χ3v) is 5.92. The van der Waals surface area contributed by atoms with E-state index in [1.54, 1.807) is 0 Å². The van der Waals surface area contributed by atoms with Gasteiger partial charge >= 0.3 is 0 Å². The summed E-state index contributed by atoms with van der Waals surface area (Å²) in [5.41, 5.74) is 0. The highest BCUT2D eigenvalue weighted by molar-refractivity contribution is 7.11. The van der Waals surface area contributed by atoms with Gasteiger partial charge in [-0.2, -0.15) is 0 Å². The summed E-state index contributed by atoms with van der Waals surface area (Å²) in [6.07, 6.45) is 9.38. The number of piperidine rings is 1. The van der Waals surface area contributed by atoms with Crippen LogP contribution in [0.4, 0.5) is 0 Å². The molecule has 2 N–H and O–H groups in total. The second-order valence-corrected chi connectivity index (χ2v) is 7.54. The lowest BCUT2D eigenvalue weighted by atomic mass is 10.0. The van der Waals surface area contributed by atoms with Crippen LogP contribution in [0.2, 0.25) is 0 Å². The van der Waals surface area contributed by atoms with Crippen LogP contribution in [0.15, 0.2) is 11.2 Å². The van der Waals surface area contributed by atoms with Crippen LogP contribution in [0.5, 0.6) is 0 Å². The molecule has 0 amide bonds. The summed E-state index contributed by atoms with van der Waals surface area (Å²) < 4.78 is 0. The topological polar surface area (TPSA) is 52.6 Å². The Bertz CT molecular complexity index is 499. The van der Waals surface area contributed by atoms with Gasteiger partial charge in [-0.3, -0.25) is 9.89 Å². The molecule has 1 aliphatic rings. The Labute approximate surface area is 151 Å². The van der Waals surface area contributed by atoms with E-state index in [-0.39, 0.29) is 0 Å². The minimum atomic E-state index is 0.771. The second-order valence-electron chi connectivity index (χ2n) is 6.34. The summed E-state index contributed by atoms with van der Waals surface area (Å²) in [7, 11) is 1.84. The Morgan fingerprint density at radius 1 is 1.33 bits per heavy atom. The highest BCUT2D eigenvalue weighted by Crippen LogP contribution is 2.18. The van der Waals surface area contributed by atoms with Crippen molar-refractivity contribution < 1.29 is 0 Å². The van der Waals surface area contributed by atoms with Crippen LogP contribution in [0, 0.1) is 0 Å². The van der Waals surface area contributed by atoms with Crippen molar-refractivity contribution in [1.29, 1.82) is 0 Å². The molecule has 5 nitrogen and oxygen atoms in total. The van der Waals surface area contributed by atoms with E-state index < -0.39 is 0 Å². The van der Waals surface area contributed by atoms with Crippen molar-refractivity contribution in [3.05, 3.63) is 16.1 Å². The summed E-state index contributed by atoms with van der Waals surface area (Å²) in [4.78, 5) is 12.8. The quantitative estimate of drug-likeness (QED) is 0.558. The number of likely N-dealkylation sites (tertiary alicyclic amines) is 1. The van der Waals surface area contributed by atoms with Crippen LogP contribution in [0.1, 0.15) is 49.4 Å². The maximum atomic E-state index is 4.46. The fourth-order valence-electron chi connectivity index (χ4n) is 3.27. The molecule has 1 unspecified atom stereocenters. The molecule has 2 heterocycles. The minimum Gasteiger partial charge on any atom is -0.356 e. The van der Waals surface area contributed by atoms with Crippen molar-refractivity contribution in [2.45, 2.75) is 58.4 Å². The molecule has 0 aliphatic carbocycles. The molecule has 6 heteroatoms. The molecule has 1 aliphatic heterocycles. The van der Waals surface area contributed by atoms with E-state index >= 15 is 0 Å². The van der Waals surface area contributed by atoms with Gasteiger partial charge in [-0.25, -0.2) is 4.98 Å². The van der Waals surface area contributed by atoms with Gasteiger partial charge in [-0.15, -0.1) is 11.3 Å². The normalized spacial score (nSPS) is 19.5. The zero-order valence-electron chi connectivity index (χ0n) is 15.5. The van der Waals surface area contributed by atoms with E-state index in [0.29, 0.717) is 0 Å². The summed E-state index contributed by atoms with van der Waals surface area (Å²) in [6.45, 7) is 8.65. The van der Waals surface area contributed by atoms with Crippen molar-refractivity contribution in [1.82, 2.24) is 20.5 Å². The zero-order chi connectivity index (χ0) is 17.2. The Kier molecular flexibility index (Phi) is 8.53. The van der Waals surface area contributed by atoms with E-state index in [1.807, 2.05) is 24.6 Å². The molecular formula is C18H33N5S. The number of guanidine groups is 1. The zero-order valence-corrected chi connectivity index (χ0v) is 16.3.